The van der Waals surface area contributed by atoms with E-state index in [4.69, 9.17) is 0 Å². The van der Waals surface area contributed by atoms with Gasteiger partial charge in [-0.25, -0.2) is 0 Å². The van der Waals surface area contributed by atoms with Crippen LogP contribution in [0.3, 0.4) is 0 Å². The molecule has 0 saturated carbocycles. The highest BCUT2D eigenvalue weighted by Gasteiger charge is 2.56. The number of allylic oxidation sites excluding steroid dienone is 2. The van der Waals surface area contributed by atoms with E-state index in [1.54, 1.807) is 0 Å². The molecule has 0 aromatic heterocycles. The number of hydrogen-bond acceptors (Lipinski definition) is 0. The van der Waals surface area contributed by atoms with E-state index < -0.39 is 0 Å². The van der Waals surface area contributed by atoms with Crippen LogP contribution in [0.4, 0.5) is 0 Å². The Hall–Kier alpha value is -1.30. The van der Waals surface area contributed by atoms with Crippen LogP contribution in [0.2, 0.25) is 0 Å². The number of fused-ring (bicyclic) bond motifs is 1. The Balaban J connectivity index is 0.000000773. The first-order valence-electron chi connectivity index (χ1n) is 9.20. The van der Waals surface area contributed by atoms with Crippen LogP contribution in [0.1, 0.15) is 92.9 Å². The van der Waals surface area contributed by atoms with Crippen molar-refractivity contribution in [2.24, 2.45) is 5.41 Å². The summed E-state index contributed by atoms with van der Waals surface area (Å²) in [7, 11) is 0. The van der Waals surface area contributed by atoms with E-state index in [0.29, 0.717) is 0 Å². The topological polar surface area (TPSA) is 0 Å². The third-order valence-electron chi connectivity index (χ3n) is 5.98. The molecule has 0 atom stereocenters. The van der Waals surface area contributed by atoms with Crippen LogP contribution in [0, 0.1) is 5.41 Å². The molecule has 1 aromatic carbocycles. The molecule has 1 aliphatic rings. The summed E-state index contributed by atoms with van der Waals surface area (Å²) in [5.41, 5.74) is 7.24. The van der Waals surface area contributed by atoms with Crippen molar-refractivity contribution < 1.29 is 0 Å². The van der Waals surface area contributed by atoms with Gasteiger partial charge in [-0.1, -0.05) is 91.3 Å². The van der Waals surface area contributed by atoms with Gasteiger partial charge in [0.1, 0.15) is 0 Å². The highest BCUT2D eigenvalue weighted by molar-refractivity contribution is 5.65. The Kier molecular flexibility index (Phi) is 7.30. The molecule has 0 radical (unpaired) electrons. The van der Waals surface area contributed by atoms with Crippen LogP contribution in [-0.2, 0) is 10.8 Å². The van der Waals surface area contributed by atoms with Gasteiger partial charge in [-0.3, -0.25) is 0 Å². The Morgan fingerprint density at radius 2 is 1.12 bits per heavy atom. The maximum Gasteiger partial charge on any atom is -0.00410 e. The molecule has 24 heavy (non-hydrogen) atoms. The molecule has 1 aliphatic carbocycles. The average molecular weight is 329 g/mol. The van der Waals surface area contributed by atoms with Crippen molar-refractivity contribution in [3.8, 4) is 0 Å². The summed E-state index contributed by atoms with van der Waals surface area (Å²) in [6, 6.07) is 6.89. The molecule has 0 spiro atoms. The van der Waals surface area contributed by atoms with Gasteiger partial charge in [0.2, 0.25) is 0 Å². The molecule has 0 heterocycles. The van der Waals surface area contributed by atoms with Crippen molar-refractivity contribution >= 4 is 5.57 Å². The van der Waals surface area contributed by atoms with Gasteiger partial charge in [0.05, 0.1) is 0 Å². The monoisotopic (exact) mass is 328 g/mol. The minimum Gasteiger partial charge on any atom is -0.100 e. The van der Waals surface area contributed by atoms with Gasteiger partial charge in [-0.15, -0.1) is 6.58 Å². The van der Waals surface area contributed by atoms with E-state index in [2.05, 4.69) is 79.8 Å². The fourth-order valence-corrected chi connectivity index (χ4v) is 3.33. The standard InChI is InChI=1S/C18H26.C4H8.C2H6/c1-12(2)13-9-10-14-15(11-13)17(5,6)18(7,8)16(14,3)4;1-4(2)3;1-2/h9-11H,1H2,2-8H3;1H2,2-3H3;1-2H3. The second-order valence-corrected chi connectivity index (χ2v) is 8.62. The molecule has 1 aromatic rings. The molecular formula is C24H40. The molecule has 0 aliphatic heterocycles. The molecule has 0 saturated heterocycles. The first-order chi connectivity index (χ1) is 10.8. The molecule has 0 amide bonds. The van der Waals surface area contributed by atoms with Gasteiger partial charge in [0, 0.05) is 0 Å². The molecule has 136 valence electrons. The summed E-state index contributed by atoms with van der Waals surface area (Å²) in [5.74, 6) is 0. The minimum absolute atomic E-state index is 0.192. The van der Waals surface area contributed by atoms with E-state index in [-0.39, 0.29) is 16.2 Å². The molecule has 0 fully saturated rings. The summed E-state index contributed by atoms with van der Waals surface area (Å²) in [6.45, 7) is 32.0. The summed E-state index contributed by atoms with van der Waals surface area (Å²) >= 11 is 0. The lowest BCUT2D eigenvalue weighted by Gasteiger charge is -2.44. The quantitative estimate of drug-likeness (QED) is 0.459. The molecule has 0 unspecified atom stereocenters. The molecular weight excluding hydrogens is 288 g/mol. The largest absolute Gasteiger partial charge is 0.100 e. The van der Waals surface area contributed by atoms with Crippen LogP contribution >= 0.6 is 0 Å². The van der Waals surface area contributed by atoms with Crippen molar-refractivity contribution in [2.75, 3.05) is 0 Å². The van der Waals surface area contributed by atoms with E-state index in [1.807, 2.05) is 27.7 Å². The number of hydrogen-bond donors (Lipinski definition) is 0. The predicted octanol–water partition coefficient (Wildman–Crippen LogP) is 7.92. The summed E-state index contributed by atoms with van der Waals surface area (Å²) < 4.78 is 0. The Bertz CT molecular complexity index is 590. The Morgan fingerprint density at radius 1 is 0.750 bits per heavy atom. The lowest BCUT2D eigenvalue weighted by atomic mass is 9.59. The maximum atomic E-state index is 4.07. The SMILES string of the molecule is C=C(C)C.C=C(C)c1ccc2c(c1)C(C)(C)C(C)(C)C2(C)C.CC. The smallest absolute Gasteiger partial charge is 0.00410 e. The molecule has 0 nitrogen and oxygen atoms in total. The predicted molar refractivity (Wildman–Crippen MR) is 113 cm³/mol. The van der Waals surface area contributed by atoms with Crippen molar-refractivity contribution in [3.63, 3.8) is 0 Å². The lowest BCUT2D eigenvalue weighted by Crippen LogP contribution is -2.42. The third kappa shape index (κ3) is 3.85. The normalized spacial score (nSPS) is 18.3. The van der Waals surface area contributed by atoms with Gasteiger partial charge >= 0.3 is 0 Å². The zero-order chi connectivity index (χ0) is 19.5. The van der Waals surface area contributed by atoms with Crippen LogP contribution in [0.15, 0.2) is 36.9 Å². The first-order valence-corrected chi connectivity index (χ1v) is 9.20. The van der Waals surface area contributed by atoms with Gasteiger partial charge in [0.25, 0.3) is 0 Å². The minimum atomic E-state index is 0.192. The zero-order valence-electron chi connectivity index (χ0n) is 18.1. The molecule has 0 bridgehead atoms. The Labute approximate surface area is 152 Å². The van der Waals surface area contributed by atoms with Crippen molar-refractivity contribution in [2.45, 2.75) is 87.0 Å². The van der Waals surface area contributed by atoms with E-state index in [9.17, 15) is 0 Å². The fourth-order valence-electron chi connectivity index (χ4n) is 3.33. The first kappa shape index (κ1) is 22.7. The van der Waals surface area contributed by atoms with Gasteiger partial charge in [0.15, 0.2) is 0 Å². The molecule has 0 heteroatoms. The van der Waals surface area contributed by atoms with Crippen LogP contribution in [-0.4, -0.2) is 0 Å². The highest BCUT2D eigenvalue weighted by atomic mass is 14.6. The second-order valence-electron chi connectivity index (χ2n) is 8.62. The number of rotatable bonds is 1. The lowest BCUT2D eigenvalue weighted by molar-refractivity contribution is 0.125. The highest BCUT2D eigenvalue weighted by Crippen LogP contribution is 2.61. The van der Waals surface area contributed by atoms with Gasteiger partial charge < -0.3 is 0 Å². The van der Waals surface area contributed by atoms with Crippen LogP contribution in [0.5, 0.6) is 0 Å². The summed E-state index contributed by atoms with van der Waals surface area (Å²) in [6.07, 6.45) is 0. The average Bonchev–Trinajstić information content (AvgIpc) is 2.56. The van der Waals surface area contributed by atoms with E-state index >= 15 is 0 Å². The van der Waals surface area contributed by atoms with Crippen LogP contribution in [0.25, 0.3) is 5.57 Å². The van der Waals surface area contributed by atoms with Crippen molar-refractivity contribution in [1.82, 2.24) is 0 Å². The van der Waals surface area contributed by atoms with Crippen LogP contribution < -0.4 is 0 Å². The van der Waals surface area contributed by atoms with Gasteiger partial charge in [-0.2, -0.15) is 0 Å². The fraction of sp³-hybridized carbons (Fsp3) is 0.583. The maximum absolute atomic E-state index is 4.07. The van der Waals surface area contributed by atoms with E-state index in [1.165, 1.54) is 22.3 Å². The van der Waals surface area contributed by atoms with E-state index in [0.717, 1.165) is 5.57 Å². The zero-order valence-corrected chi connectivity index (χ0v) is 18.1. The number of benzene rings is 1. The Morgan fingerprint density at radius 3 is 1.50 bits per heavy atom. The van der Waals surface area contributed by atoms with Crippen molar-refractivity contribution in [1.29, 1.82) is 0 Å². The van der Waals surface area contributed by atoms with Crippen molar-refractivity contribution in [3.05, 3.63) is 53.6 Å². The molecule has 0 N–H and O–H groups in total. The van der Waals surface area contributed by atoms with Gasteiger partial charge in [-0.05, 0) is 53.7 Å². The molecule has 2 rings (SSSR count). The summed E-state index contributed by atoms with van der Waals surface area (Å²) in [5, 5.41) is 0. The summed E-state index contributed by atoms with van der Waals surface area (Å²) in [4.78, 5) is 0. The second kappa shape index (κ2) is 7.72. The third-order valence-corrected chi connectivity index (χ3v) is 5.98.